The average molecular weight is 180 g/mol. The average Bonchev–Trinajstić information content (AvgIpc) is 2.19. The zero-order chi connectivity index (χ0) is 9.52. The first-order valence-electron chi connectivity index (χ1n) is 5.23. The summed E-state index contributed by atoms with van der Waals surface area (Å²) in [5.41, 5.74) is 0. The monoisotopic (exact) mass is 180 g/mol. The summed E-state index contributed by atoms with van der Waals surface area (Å²) in [7, 11) is 0. The molecule has 0 spiro atoms. The maximum Gasteiger partial charge on any atom is 0.0574 e. The Morgan fingerprint density at radius 3 is 2.69 bits per heavy atom. The minimum atomic E-state index is 0.633. The predicted octanol–water partition coefficient (Wildman–Crippen LogP) is 1.08. The Hall–Kier alpha value is -0.520. The Labute approximate surface area is 81.7 Å². The first kappa shape index (κ1) is 10.6. The van der Waals surface area contributed by atoms with E-state index in [-0.39, 0.29) is 0 Å². The third kappa shape index (κ3) is 3.80. The van der Waals surface area contributed by atoms with Gasteiger partial charge in [-0.25, -0.2) is 0 Å². The van der Waals surface area contributed by atoms with Gasteiger partial charge in [-0.3, -0.25) is 4.90 Å². The Morgan fingerprint density at radius 1 is 1.38 bits per heavy atom. The Balaban J connectivity index is 2.14. The molecule has 0 saturated carbocycles. The van der Waals surface area contributed by atoms with E-state index in [1.54, 1.807) is 0 Å². The molecule has 1 fully saturated rings. The highest BCUT2D eigenvalue weighted by Gasteiger charge is 2.15. The van der Waals surface area contributed by atoms with Crippen LogP contribution in [0.25, 0.3) is 0 Å². The van der Waals surface area contributed by atoms with Crippen molar-refractivity contribution in [2.45, 2.75) is 32.2 Å². The minimum absolute atomic E-state index is 0.633. The van der Waals surface area contributed by atoms with Gasteiger partial charge in [0.1, 0.15) is 0 Å². The van der Waals surface area contributed by atoms with Crippen LogP contribution in [0.2, 0.25) is 0 Å². The van der Waals surface area contributed by atoms with Crippen LogP contribution >= 0.6 is 0 Å². The SMILES string of the molecule is C#CCNCC(C)N1CCCCC1. The molecule has 1 aliphatic rings. The number of piperidine rings is 1. The number of terminal acetylenes is 1. The molecular formula is C11H20N2. The molecule has 0 amide bonds. The van der Waals surface area contributed by atoms with Crippen molar-refractivity contribution >= 4 is 0 Å². The van der Waals surface area contributed by atoms with Gasteiger partial charge < -0.3 is 5.32 Å². The molecular weight excluding hydrogens is 160 g/mol. The zero-order valence-electron chi connectivity index (χ0n) is 8.55. The predicted molar refractivity (Wildman–Crippen MR) is 56.6 cm³/mol. The summed E-state index contributed by atoms with van der Waals surface area (Å²) in [6.45, 7) is 6.51. The van der Waals surface area contributed by atoms with E-state index in [4.69, 9.17) is 6.42 Å². The van der Waals surface area contributed by atoms with E-state index < -0.39 is 0 Å². The molecule has 0 radical (unpaired) electrons. The molecule has 1 heterocycles. The maximum absolute atomic E-state index is 5.17. The van der Waals surface area contributed by atoms with Crippen molar-refractivity contribution in [3.8, 4) is 12.3 Å². The highest BCUT2D eigenvalue weighted by molar-refractivity contribution is 4.87. The molecule has 0 aromatic carbocycles. The van der Waals surface area contributed by atoms with Crippen molar-refractivity contribution in [3.05, 3.63) is 0 Å². The van der Waals surface area contributed by atoms with Crippen molar-refractivity contribution < 1.29 is 0 Å². The molecule has 0 aromatic rings. The number of hydrogen-bond acceptors (Lipinski definition) is 2. The molecule has 2 nitrogen and oxygen atoms in total. The van der Waals surface area contributed by atoms with Gasteiger partial charge in [0.2, 0.25) is 0 Å². The molecule has 13 heavy (non-hydrogen) atoms. The molecule has 74 valence electrons. The zero-order valence-corrected chi connectivity index (χ0v) is 8.55. The second-order valence-corrected chi connectivity index (χ2v) is 3.78. The van der Waals surface area contributed by atoms with Crippen LogP contribution in [0.4, 0.5) is 0 Å². The largest absolute Gasteiger partial charge is 0.305 e. The van der Waals surface area contributed by atoms with E-state index in [0.29, 0.717) is 12.6 Å². The molecule has 1 atom stereocenters. The normalized spacial score (nSPS) is 20.9. The van der Waals surface area contributed by atoms with Crippen LogP contribution in [0, 0.1) is 12.3 Å². The summed E-state index contributed by atoms with van der Waals surface area (Å²) in [6.07, 6.45) is 9.29. The van der Waals surface area contributed by atoms with Crippen LogP contribution in [0.15, 0.2) is 0 Å². The maximum atomic E-state index is 5.17. The molecule has 1 saturated heterocycles. The first-order chi connectivity index (χ1) is 6.34. The van der Waals surface area contributed by atoms with Gasteiger partial charge in [-0.2, -0.15) is 0 Å². The van der Waals surface area contributed by atoms with Crippen LogP contribution < -0.4 is 5.32 Å². The fourth-order valence-electron chi connectivity index (χ4n) is 1.84. The third-order valence-electron chi connectivity index (χ3n) is 2.68. The van der Waals surface area contributed by atoms with Crippen LogP contribution in [0.1, 0.15) is 26.2 Å². The standard InChI is InChI=1S/C11H20N2/c1-3-7-12-10-11(2)13-8-5-4-6-9-13/h1,11-12H,4-10H2,2H3. The van der Waals surface area contributed by atoms with Crippen LogP contribution in [0.3, 0.4) is 0 Å². The summed E-state index contributed by atoms with van der Waals surface area (Å²) >= 11 is 0. The quantitative estimate of drug-likeness (QED) is 0.514. The van der Waals surface area contributed by atoms with Gasteiger partial charge in [-0.05, 0) is 32.9 Å². The summed E-state index contributed by atoms with van der Waals surface area (Å²) in [4.78, 5) is 2.55. The number of nitrogens with one attached hydrogen (secondary N) is 1. The number of nitrogens with zero attached hydrogens (tertiary/aromatic N) is 1. The fraction of sp³-hybridized carbons (Fsp3) is 0.818. The van der Waals surface area contributed by atoms with E-state index in [0.717, 1.165) is 6.54 Å². The van der Waals surface area contributed by atoms with Gasteiger partial charge in [0.15, 0.2) is 0 Å². The second kappa shape index (κ2) is 6.01. The Bertz CT molecular complexity index is 165. The summed E-state index contributed by atoms with van der Waals surface area (Å²) in [5.74, 6) is 2.60. The van der Waals surface area contributed by atoms with Gasteiger partial charge in [-0.1, -0.05) is 12.3 Å². The highest BCUT2D eigenvalue weighted by Crippen LogP contribution is 2.11. The lowest BCUT2D eigenvalue weighted by atomic mass is 10.1. The second-order valence-electron chi connectivity index (χ2n) is 3.78. The lowest BCUT2D eigenvalue weighted by Gasteiger charge is -2.32. The molecule has 2 heteroatoms. The van der Waals surface area contributed by atoms with E-state index >= 15 is 0 Å². The summed E-state index contributed by atoms with van der Waals surface area (Å²) in [6, 6.07) is 0.633. The van der Waals surface area contributed by atoms with Crippen molar-refractivity contribution in [2.24, 2.45) is 0 Å². The Kier molecular flexibility index (Phi) is 4.88. The molecule has 1 rings (SSSR count). The van der Waals surface area contributed by atoms with Gasteiger partial charge in [0, 0.05) is 12.6 Å². The Morgan fingerprint density at radius 2 is 2.08 bits per heavy atom. The van der Waals surface area contributed by atoms with Crippen molar-refractivity contribution in [1.82, 2.24) is 10.2 Å². The molecule has 1 aliphatic heterocycles. The van der Waals surface area contributed by atoms with Crippen LogP contribution in [-0.4, -0.2) is 37.1 Å². The third-order valence-corrected chi connectivity index (χ3v) is 2.68. The first-order valence-corrected chi connectivity index (χ1v) is 5.23. The highest BCUT2D eigenvalue weighted by atomic mass is 15.2. The van der Waals surface area contributed by atoms with Crippen LogP contribution in [0.5, 0.6) is 0 Å². The molecule has 0 aromatic heterocycles. The van der Waals surface area contributed by atoms with Gasteiger partial charge in [0.05, 0.1) is 6.54 Å². The molecule has 0 bridgehead atoms. The van der Waals surface area contributed by atoms with E-state index in [9.17, 15) is 0 Å². The van der Waals surface area contributed by atoms with E-state index in [2.05, 4.69) is 23.1 Å². The van der Waals surface area contributed by atoms with E-state index in [1.165, 1.54) is 32.4 Å². The van der Waals surface area contributed by atoms with Gasteiger partial charge in [0.25, 0.3) is 0 Å². The topological polar surface area (TPSA) is 15.3 Å². The van der Waals surface area contributed by atoms with Gasteiger partial charge >= 0.3 is 0 Å². The fourth-order valence-corrected chi connectivity index (χ4v) is 1.84. The summed E-state index contributed by atoms with van der Waals surface area (Å²) in [5, 5.41) is 3.25. The lowest BCUT2D eigenvalue weighted by Crippen LogP contribution is -2.43. The molecule has 0 aliphatic carbocycles. The lowest BCUT2D eigenvalue weighted by molar-refractivity contribution is 0.172. The number of likely N-dealkylation sites (tertiary alicyclic amines) is 1. The van der Waals surface area contributed by atoms with E-state index in [1.807, 2.05) is 0 Å². The number of rotatable bonds is 4. The van der Waals surface area contributed by atoms with Crippen molar-refractivity contribution in [3.63, 3.8) is 0 Å². The van der Waals surface area contributed by atoms with Gasteiger partial charge in [-0.15, -0.1) is 6.42 Å². The van der Waals surface area contributed by atoms with Crippen LogP contribution in [-0.2, 0) is 0 Å². The smallest absolute Gasteiger partial charge is 0.0574 e. The van der Waals surface area contributed by atoms with Crippen molar-refractivity contribution in [2.75, 3.05) is 26.2 Å². The van der Waals surface area contributed by atoms with Crippen molar-refractivity contribution in [1.29, 1.82) is 0 Å². The number of hydrogen-bond donors (Lipinski definition) is 1. The molecule has 1 N–H and O–H groups in total. The minimum Gasteiger partial charge on any atom is -0.305 e. The molecule has 1 unspecified atom stereocenters. The summed E-state index contributed by atoms with van der Waals surface area (Å²) < 4.78 is 0.